The van der Waals surface area contributed by atoms with Gasteiger partial charge < -0.3 is 5.32 Å². The second-order valence-electron chi connectivity index (χ2n) is 4.35. The molecule has 90 valence electrons. The third-order valence-electron chi connectivity index (χ3n) is 3.19. The van der Waals surface area contributed by atoms with E-state index in [1.807, 2.05) is 4.99 Å². The summed E-state index contributed by atoms with van der Waals surface area (Å²) in [5.74, 6) is 0. The average Bonchev–Trinajstić information content (AvgIpc) is 2.38. The van der Waals surface area contributed by atoms with Gasteiger partial charge >= 0.3 is 0 Å². The minimum Gasteiger partial charge on any atom is -0.307 e. The van der Waals surface area contributed by atoms with Crippen LogP contribution in [0.1, 0.15) is 36.1 Å². The molecule has 0 amide bonds. The van der Waals surface area contributed by atoms with Gasteiger partial charge in [-0.25, -0.2) is 0 Å². The van der Waals surface area contributed by atoms with Crippen LogP contribution in [-0.2, 0) is 6.42 Å². The molecule has 0 heterocycles. The number of allylic oxidation sites excluding steroid dienone is 1. The summed E-state index contributed by atoms with van der Waals surface area (Å²) >= 11 is 3.28. The van der Waals surface area contributed by atoms with Crippen LogP contribution in [0.5, 0.6) is 0 Å². The Morgan fingerprint density at radius 2 is 2.35 bits per heavy atom. The maximum atomic E-state index is 3.50. The molecule has 1 aromatic carbocycles. The van der Waals surface area contributed by atoms with Gasteiger partial charge in [0.1, 0.15) is 0 Å². The van der Waals surface area contributed by atoms with Crippen LogP contribution in [0.3, 0.4) is 0 Å². The molecule has 0 saturated carbocycles. The van der Waals surface area contributed by atoms with Crippen molar-refractivity contribution in [1.29, 1.82) is 0 Å². The highest BCUT2D eigenvalue weighted by Gasteiger charge is 2.12. The number of halogens is 1. The number of hydrogen-bond donors (Lipinski definition) is 1. The predicted octanol–water partition coefficient (Wildman–Crippen LogP) is 4.21. The van der Waals surface area contributed by atoms with Crippen LogP contribution in [0.4, 0.5) is 0 Å². The third kappa shape index (κ3) is 3.08. The van der Waals surface area contributed by atoms with Crippen LogP contribution in [0.2, 0.25) is 0 Å². The van der Waals surface area contributed by atoms with Crippen molar-refractivity contribution < 1.29 is 0 Å². The molecule has 1 unspecified atom stereocenters. The monoisotopic (exact) mass is 291 g/mol. The van der Waals surface area contributed by atoms with E-state index in [2.05, 4.69) is 64.6 Å². The minimum absolute atomic E-state index is 0.386. The Morgan fingerprint density at radius 1 is 1.47 bits per heavy atom. The summed E-state index contributed by atoms with van der Waals surface area (Å²) in [7, 11) is 0. The molecule has 1 aromatic rings. The number of fused-ring (bicyclic) bond motifs is 1. The van der Waals surface area contributed by atoms with Gasteiger partial charge in [-0.15, -0.1) is 0 Å². The maximum absolute atomic E-state index is 3.50. The summed E-state index contributed by atoms with van der Waals surface area (Å²) < 4.78 is 0. The standard InChI is InChI=1S/C15H18BrN/c1-12(17-11-5-10-16)14-9-4-7-13-6-2-3-8-15(13)14/h3-5,7-10,12,17H,2,6,11H2,1H3/b10-5+. The lowest BCUT2D eigenvalue weighted by Crippen LogP contribution is -2.20. The van der Waals surface area contributed by atoms with Gasteiger partial charge in [0.2, 0.25) is 0 Å². The topological polar surface area (TPSA) is 12.0 Å². The van der Waals surface area contributed by atoms with Crippen molar-refractivity contribution >= 4 is 22.0 Å². The van der Waals surface area contributed by atoms with Crippen LogP contribution in [-0.4, -0.2) is 6.54 Å². The molecule has 1 atom stereocenters. The molecule has 17 heavy (non-hydrogen) atoms. The summed E-state index contributed by atoms with van der Waals surface area (Å²) in [6, 6.07) is 7.03. The average molecular weight is 292 g/mol. The van der Waals surface area contributed by atoms with E-state index in [1.54, 1.807) is 0 Å². The van der Waals surface area contributed by atoms with Gasteiger partial charge in [-0.1, -0.05) is 52.4 Å². The van der Waals surface area contributed by atoms with Gasteiger partial charge in [-0.2, -0.15) is 0 Å². The van der Waals surface area contributed by atoms with Gasteiger partial charge in [0.25, 0.3) is 0 Å². The number of benzene rings is 1. The zero-order valence-corrected chi connectivity index (χ0v) is 11.7. The quantitative estimate of drug-likeness (QED) is 0.876. The summed E-state index contributed by atoms with van der Waals surface area (Å²) in [6.07, 6.45) is 8.96. The Labute approximate surface area is 112 Å². The smallest absolute Gasteiger partial charge is 0.0300 e. The summed E-state index contributed by atoms with van der Waals surface area (Å²) in [5, 5.41) is 3.50. The van der Waals surface area contributed by atoms with Crippen molar-refractivity contribution in [3.05, 3.63) is 52.0 Å². The van der Waals surface area contributed by atoms with Crippen molar-refractivity contribution in [3.8, 4) is 0 Å². The van der Waals surface area contributed by atoms with E-state index < -0.39 is 0 Å². The molecule has 2 rings (SSSR count). The van der Waals surface area contributed by atoms with E-state index in [-0.39, 0.29) is 0 Å². The molecule has 1 nitrogen and oxygen atoms in total. The first kappa shape index (κ1) is 12.6. The van der Waals surface area contributed by atoms with Gasteiger partial charge in [-0.3, -0.25) is 0 Å². The van der Waals surface area contributed by atoms with Crippen LogP contribution in [0.15, 0.2) is 35.3 Å². The molecule has 0 spiro atoms. The highest BCUT2D eigenvalue weighted by Crippen LogP contribution is 2.26. The summed E-state index contributed by atoms with van der Waals surface area (Å²) in [5.41, 5.74) is 4.30. The van der Waals surface area contributed by atoms with Gasteiger partial charge in [0, 0.05) is 12.6 Å². The Hall–Kier alpha value is -0.860. The normalized spacial score (nSPS) is 16.1. The Kier molecular flexibility index (Phi) is 4.57. The minimum atomic E-state index is 0.386. The van der Waals surface area contributed by atoms with E-state index >= 15 is 0 Å². The highest BCUT2D eigenvalue weighted by atomic mass is 79.9. The van der Waals surface area contributed by atoms with Crippen molar-refractivity contribution in [2.75, 3.05) is 6.54 Å². The first-order chi connectivity index (χ1) is 8.33. The van der Waals surface area contributed by atoms with E-state index in [0.717, 1.165) is 6.54 Å². The van der Waals surface area contributed by atoms with E-state index in [9.17, 15) is 0 Å². The summed E-state index contributed by atoms with van der Waals surface area (Å²) in [4.78, 5) is 1.90. The molecule has 0 bridgehead atoms. The number of hydrogen-bond acceptors (Lipinski definition) is 1. The molecule has 1 N–H and O–H groups in total. The van der Waals surface area contributed by atoms with Gasteiger partial charge in [-0.05, 0) is 41.4 Å². The van der Waals surface area contributed by atoms with Crippen molar-refractivity contribution in [3.63, 3.8) is 0 Å². The fourth-order valence-corrected chi connectivity index (χ4v) is 2.46. The van der Waals surface area contributed by atoms with E-state index in [1.165, 1.54) is 29.5 Å². The third-order valence-corrected chi connectivity index (χ3v) is 3.57. The molecular weight excluding hydrogens is 274 g/mol. The van der Waals surface area contributed by atoms with Crippen LogP contribution in [0.25, 0.3) is 6.08 Å². The van der Waals surface area contributed by atoms with Gasteiger partial charge in [0.05, 0.1) is 0 Å². The van der Waals surface area contributed by atoms with Crippen molar-refractivity contribution in [1.82, 2.24) is 5.32 Å². The molecule has 0 radical (unpaired) electrons. The Bertz CT molecular complexity index is 435. The Balaban J connectivity index is 2.18. The maximum Gasteiger partial charge on any atom is 0.0300 e. The lowest BCUT2D eigenvalue weighted by molar-refractivity contribution is 0.615. The zero-order chi connectivity index (χ0) is 12.1. The van der Waals surface area contributed by atoms with Crippen molar-refractivity contribution in [2.24, 2.45) is 0 Å². The first-order valence-electron chi connectivity index (χ1n) is 6.10. The number of nitrogens with one attached hydrogen (secondary N) is 1. The summed E-state index contributed by atoms with van der Waals surface area (Å²) in [6.45, 7) is 3.11. The largest absolute Gasteiger partial charge is 0.307 e. The fourth-order valence-electron chi connectivity index (χ4n) is 2.27. The lowest BCUT2D eigenvalue weighted by Gasteiger charge is -2.20. The predicted molar refractivity (Wildman–Crippen MR) is 78.3 cm³/mol. The highest BCUT2D eigenvalue weighted by molar-refractivity contribution is 9.11. The second-order valence-corrected chi connectivity index (χ2v) is 4.88. The molecule has 1 aliphatic carbocycles. The van der Waals surface area contributed by atoms with Gasteiger partial charge in [0.15, 0.2) is 0 Å². The SMILES string of the molecule is CC(NC/C=C/Br)c1cccc2c1C=CCC2. The van der Waals surface area contributed by atoms with Crippen LogP contribution >= 0.6 is 15.9 Å². The van der Waals surface area contributed by atoms with Crippen molar-refractivity contribution in [2.45, 2.75) is 25.8 Å². The number of aryl methyl sites for hydroxylation is 1. The Morgan fingerprint density at radius 3 is 3.18 bits per heavy atom. The molecular formula is C15H18BrN. The first-order valence-corrected chi connectivity index (χ1v) is 7.01. The molecule has 1 aliphatic rings. The molecule has 2 heteroatoms. The van der Waals surface area contributed by atoms with E-state index in [0.29, 0.717) is 6.04 Å². The molecule has 0 aliphatic heterocycles. The zero-order valence-electron chi connectivity index (χ0n) is 10.1. The van der Waals surface area contributed by atoms with E-state index in [4.69, 9.17) is 0 Å². The number of rotatable bonds is 4. The fraction of sp³-hybridized carbons (Fsp3) is 0.333. The van der Waals surface area contributed by atoms with Crippen LogP contribution in [0, 0.1) is 0 Å². The molecule has 0 saturated heterocycles. The molecule has 0 fully saturated rings. The second kappa shape index (κ2) is 6.18. The lowest BCUT2D eigenvalue weighted by atomic mass is 9.90. The van der Waals surface area contributed by atoms with Crippen LogP contribution < -0.4 is 5.32 Å². The molecule has 0 aromatic heterocycles.